The number of anilines is 2. The summed E-state index contributed by atoms with van der Waals surface area (Å²) in [5.41, 5.74) is 2.83. The van der Waals surface area contributed by atoms with E-state index in [9.17, 15) is 9.59 Å². The molecule has 0 bridgehead atoms. The van der Waals surface area contributed by atoms with Crippen molar-refractivity contribution in [2.45, 2.75) is 18.9 Å². The monoisotopic (exact) mass is 315 g/mol. The van der Waals surface area contributed by atoms with Gasteiger partial charge < -0.3 is 10.6 Å². The van der Waals surface area contributed by atoms with Gasteiger partial charge in [-0.15, -0.1) is 11.8 Å². The van der Waals surface area contributed by atoms with Crippen LogP contribution < -0.4 is 10.6 Å². The molecule has 2 N–H and O–H groups in total. The lowest BCUT2D eigenvalue weighted by Gasteiger charge is -2.11. The normalized spacial score (nSPS) is 10.1. The van der Waals surface area contributed by atoms with Crippen molar-refractivity contribution in [3.8, 4) is 0 Å². The molecule has 0 atom stereocenters. The van der Waals surface area contributed by atoms with Gasteiger partial charge in [0.2, 0.25) is 5.91 Å². The highest BCUT2D eigenvalue weighted by Gasteiger charge is 2.12. The Bertz CT molecular complexity index is 716. The van der Waals surface area contributed by atoms with Gasteiger partial charge in [-0.3, -0.25) is 9.59 Å². The summed E-state index contributed by atoms with van der Waals surface area (Å²) in [5.74, 6) is -0.330. The summed E-state index contributed by atoms with van der Waals surface area (Å²) < 4.78 is 0. The Morgan fingerprint density at radius 1 is 1.18 bits per heavy atom. The predicted molar refractivity (Wildman–Crippen MR) is 89.5 cm³/mol. The second kappa shape index (κ2) is 7.09. The fourth-order valence-corrected chi connectivity index (χ4v) is 2.54. The van der Waals surface area contributed by atoms with E-state index in [1.807, 2.05) is 19.2 Å². The van der Waals surface area contributed by atoms with Gasteiger partial charge >= 0.3 is 0 Å². The van der Waals surface area contributed by atoms with Gasteiger partial charge in [0.05, 0.1) is 5.56 Å². The molecule has 0 spiro atoms. The standard InChI is InChI=1S/C16H17N3O2S/c1-10-9-12(6-7-14(10)18-11(2)20)19-15(21)13-5-4-8-17-16(13)22-3/h4-9H,1-3H3,(H,18,20)(H,19,21). The Morgan fingerprint density at radius 2 is 1.95 bits per heavy atom. The molecule has 0 saturated carbocycles. The molecule has 5 nitrogen and oxygen atoms in total. The molecule has 1 aromatic carbocycles. The molecular weight excluding hydrogens is 298 g/mol. The number of carbonyl (C=O) groups is 2. The molecule has 0 aliphatic carbocycles. The van der Waals surface area contributed by atoms with E-state index in [2.05, 4.69) is 15.6 Å². The van der Waals surface area contributed by atoms with Crippen LogP contribution in [0.5, 0.6) is 0 Å². The van der Waals surface area contributed by atoms with Gasteiger partial charge in [-0.2, -0.15) is 0 Å². The van der Waals surface area contributed by atoms with Gasteiger partial charge in [0, 0.05) is 24.5 Å². The Labute approximate surface area is 133 Å². The van der Waals surface area contributed by atoms with Gasteiger partial charge in [0.25, 0.3) is 5.91 Å². The molecule has 2 rings (SSSR count). The number of nitrogens with zero attached hydrogens (tertiary/aromatic N) is 1. The summed E-state index contributed by atoms with van der Waals surface area (Å²) in [6.45, 7) is 3.33. The maximum absolute atomic E-state index is 12.3. The Hall–Kier alpha value is -2.34. The van der Waals surface area contributed by atoms with Gasteiger partial charge in [-0.1, -0.05) is 0 Å². The topological polar surface area (TPSA) is 71.1 Å². The van der Waals surface area contributed by atoms with Gasteiger partial charge in [0.15, 0.2) is 0 Å². The lowest BCUT2D eigenvalue weighted by molar-refractivity contribution is -0.114. The number of hydrogen-bond acceptors (Lipinski definition) is 4. The fraction of sp³-hybridized carbons (Fsp3) is 0.188. The van der Waals surface area contributed by atoms with Crippen molar-refractivity contribution < 1.29 is 9.59 Å². The lowest BCUT2D eigenvalue weighted by atomic mass is 10.1. The van der Waals surface area contributed by atoms with E-state index >= 15 is 0 Å². The van der Waals surface area contributed by atoms with Crippen molar-refractivity contribution in [3.05, 3.63) is 47.7 Å². The van der Waals surface area contributed by atoms with Gasteiger partial charge in [-0.25, -0.2) is 4.98 Å². The van der Waals surface area contributed by atoms with E-state index < -0.39 is 0 Å². The molecule has 22 heavy (non-hydrogen) atoms. The van der Waals surface area contributed by atoms with Crippen LogP contribution in [0.2, 0.25) is 0 Å². The van der Waals surface area contributed by atoms with Crippen LogP contribution in [-0.4, -0.2) is 23.1 Å². The number of pyridine rings is 1. The molecule has 0 radical (unpaired) electrons. The summed E-state index contributed by atoms with van der Waals surface area (Å²) in [6.07, 6.45) is 3.54. The number of aryl methyl sites for hydroxylation is 1. The number of thioether (sulfide) groups is 1. The molecule has 2 aromatic rings. The third-order valence-electron chi connectivity index (χ3n) is 3.00. The number of nitrogens with one attached hydrogen (secondary N) is 2. The van der Waals surface area contributed by atoms with Crippen molar-refractivity contribution in [1.82, 2.24) is 4.98 Å². The zero-order chi connectivity index (χ0) is 16.1. The largest absolute Gasteiger partial charge is 0.326 e. The molecular formula is C16H17N3O2S. The first-order chi connectivity index (χ1) is 10.5. The number of carbonyl (C=O) groups excluding carboxylic acids is 2. The minimum Gasteiger partial charge on any atom is -0.326 e. The molecule has 0 fully saturated rings. The quantitative estimate of drug-likeness (QED) is 0.849. The lowest BCUT2D eigenvalue weighted by Crippen LogP contribution is -2.14. The average Bonchev–Trinajstić information content (AvgIpc) is 2.49. The summed E-state index contributed by atoms with van der Waals surface area (Å²) in [6, 6.07) is 8.82. The maximum atomic E-state index is 12.3. The first kappa shape index (κ1) is 16.0. The zero-order valence-corrected chi connectivity index (χ0v) is 13.5. The van der Waals surface area contributed by atoms with Crippen molar-refractivity contribution in [2.24, 2.45) is 0 Å². The van der Waals surface area contributed by atoms with Crippen LogP contribution in [0.25, 0.3) is 0 Å². The third kappa shape index (κ3) is 3.85. The number of hydrogen-bond donors (Lipinski definition) is 2. The molecule has 0 unspecified atom stereocenters. The van der Waals surface area contributed by atoms with Crippen LogP contribution in [-0.2, 0) is 4.79 Å². The van der Waals surface area contributed by atoms with Crippen LogP contribution in [0.15, 0.2) is 41.6 Å². The van der Waals surface area contributed by atoms with Crippen molar-refractivity contribution in [1.29, 1.82) is 0 Å². The van der Waals surface area contributed by atoms with Crippen molar-refractivity contribution in [3.63, 3.8) is 0 Å². The molecule has 6 heteroatoms. The summed E-state index contributed by atoms with van der Waals surface area (Å²) >= 11 is 1.43. The van der Waals surface area contributed by atoms with E-state index in [1.54, 1.807) is 30.5 Å². The maximum Gasteiger partial charge on any atom is 0.258 e. The average molecular weight is 315 g/mol. The first-order valence-electron chi connectivity index (χ1n) is 6.70. The molecule has 0 aliphatic rings. The molecule has 0 aliphatic heterocycles. The van der Waals surface area contributed by atoms with Crippen LogP contribution in [0.4, 0.5) is 11.4 Å². The molecule has 1 heterocycles. The van der Waals surface area contributed by atoms with Crippen LogP contribution in [0.1, 0.15) is 22.8 Å². The smallest absolute Gasteiger partial charge is 0.258 e. The SMILES string of the molecule is CSc1ncccc1C(=O)Nc1ccc(NC(C)=O)c(C)c1. The minimum atomic E-state index is -0.205. The molecule has 0 saturated heterocycles. The summed E-state index contributed by atoms with van der Waals surface area (Å²) in [7, 11) is 0. The van der Waals surface area contributed by atoms with E-state index in [4.69, 9.17) is 0 Å². The molecule has 114 valence electrons. The molecule has 1 aromatic heterocycles. The Kier molecular flexibility index (Phi) is 5.16. The van der Waals surface area contributed by atoms with E-state index in [-0.39, 0.29) is 11.8 Å². The van der Waals surface area contributed by atoms with E-state index in [1.165, 1.54) is 18.7 Å². The highest BCUT2D eigenvalue weighted by molar-refractivity contribution is 7.98. The number of amides is 2. The number of benzene rings is 1. The molecule has 2 amide bonds. The third-order valence-corrected chi connectivity index (χ3v) is 3.72. The van der Waals surface area contributed by atoms with Crippen LogP contribution >= 0.6 is 11.8 Å². The van der Waals surface area contributed by atoms with E-state index in [0.29, 0.717) is 16.3 Å². The van der Waals surface area contributed by atoms with Crippen LogP contribution in [0.3, 0.4) is 0 Å². The van der Waals surface area contributed by atoms with Gasteiger partial charge in [0.1, 0.15) is 5.03 Å². The van der Waals surface area contributed by atoms with Crippen LogP contribution in [0, 0.1) is 6.92 Å². The Morgan fingerprint density at radius 3 is 2.59 bits per heavy atom. The first-order valence-corrected chi connectivity index (χ1v) is 7.92. The van der Waals surface area contributed by atoms with Crippen molar-refractivity contribution in [2.75, 3.05) is 16.9 Å². The second-order valence-electron chi connectivity index (χ2n) is 4.73. The van der Waals surface area contributed by atoms with Gasteiger partial charge in [-0.05, 0) is 49.1 Å². The predicted octanol–water partition coefficient (Wildman–Crippen LogP) is 3.32. The zero-order valence-electron chi connectivity index (χ0n) is 12.6. The number of rotatable bonds is 4. The minimum absolute atomic E-state index is 0.125. The fourth-order valence-electron chi connectivity index (χ4n) is 2.00. The Balaban J connectivity index is 2.18. The second-order valence-corrected chi connectivity index (χ2v) is 5.52. The van der Waals surface area contributed by atoms with Crippen molar-refractivity contribution >= 4 is 35.0 Å². The number of aromatic nitrogens is 1. The summed E-state index contributed by atoms with van der Waals surface area (Å²) in [4.78, 5) is 27.6. The highest BCUT2D eigenvalue weighted by Crippen LogP contribution is 2.22. The highest BCUT2D eigenvalue weighted by atomic mass is 32.2. The van der Waals surface area contributed by atoms with E-state index in [0.717, 1.165) is 11.3 Å². The summed E-state index contributed by atoms with van der Waals surface area (Å²) in [5, 5.41) is 6.27.